The van der Waals surface area contributed by atoms with Crippen LogP contribution in [0.5, 0.6) is 0 Å². The number of nitrogens with two attached hydrogens (primary N) is 1. The Morgan fingerprint density at radius 3 is 2.69 bits per heavy atom. The van der Waals surface area contributed by atoms with E-state index in [-0.39, 0.29) is 23.1 Å². The molecule has 3 N–H and O–H groups in total. The minimum absolute atomic E-state index is 0.00178. The number of hydrazone groups is 1. The van der Waals surface area contributed by atoms with Gasteiger partial charge in [-0.05, 0) is 42.3 Å². The van der Waals surface area contributed by atoms with Gasteiger partial charge in [0.25, 0.3) is 5.91 Å². The Kier molecular flexibility index (Phi) is 7.22. The van der Waals surface area contributed by atoms with Crippen molar-refractivity contribution in [1.29, 1.82) is 0 Å². The average Bonchev–Trinajstić information content (AvgIpc) is 3.48. The first-order chi connectivity index (χ1) is 15.4. The number of rotatable bonds is 11. The predicted molar refractivity (Wildman–Crippen MR) is 110 cm³/mol. The molecule has 0 saturated heterocycles. The standard InChI is InChI=1S/C17H22N10O5/c1-3-7-25(8-4-2)10-12-14(20-24-26(12)16-15(18)22-32-23-16)17(28)21-19-9-11-5-6-13(31-11)27(29)30/h5-6,9H,3-4,7-8,10H2,1-2H3,(H2,18,22)(H,21,28)/b19-9+. The van der Waals surface area contributed by atoms with E-state index >= 15 is 0 Å². The molecule has 3 rings (SSSR count). The maximum absolute atomic E-state index is 12.7. The van der Waals surface area contributed by atoms with Gasteiger partial charge in [-0.3, -0.25) is 19.8 Å². The summed E-state index contributed by atoms with van der Waals surface area (Å²) >= 11 is 0. The van der Waals surface area contributed by atoms with Crippen LogP contribution in [0.25, 0.3) is 5.82 Å². The van der Waals surface area contributed by atoms with E-state index in [9.17, 15) is 14.9 Å². The van der Waals surface area contributed by atoms with Crippen LogP contribution in [-0.2, 0) is 6.54 Å². The topological polar surface area (TPSA) is 197 Å². The molecule has 15 nitrogen and oxygen atoms in total. The van der Waals surface area contributed by atoms with Crippen molar-refractivity contribution < 1.29 is 18.8 Å². The minimum Gasteiger partial charge on any atom is -0.400 e. The van der Waals surface area contributed by atoms with Gasteiger partial charge in [-0.25, -0.2) is 10.1 Å². The highest BCUT2D eigenvalue weighted by Crippen LogP contribution is 2.18. The van der Waals surface area contributed by atoms with Gasteiger partial charge in [0.05, 0.1) is 18.0 Å². The molecule has 32 heavy (non-hydrogen) atoms. The van der Waals surface area contributed by atoms with Gasteiger partial charge in [0.15, 0.2) is 11.5 Å². The van der Waals surface area contributed by atoms with Crippen LogP contribution in [0.3, 0.4) is 0 Å². The lowest BCUT2D eigenvalue weighted by atomic mass is 10.2. The maximum atomic E-state index is 12.7. The maximum Gasteiger partial charge on any atom is 0.433 e. The van der Waals surface area contributed by atoms with Gasteiger partial charge in [0.1, 0.15) is 4.92 Å². The van der Waals surface area contributed by atoms with E-state index in [2.05, 4.69) is 54.5 Å². The Bertz CT molecular complexity index is 1100. The molecule has 3 aromatic heterocycles. The molecule has 0 atom stereocenters. The van der Waals surface area contributed by atoms with E-state index in [1.165, 1.54) is 16.8 Å². The third-order valence-electron chi connectivity index (χ3n) is 4.28. The molecule has 3 aromatic rings. The molecular weight excluding hydrogens is 424 g/mol. The summed E-state index contributed by atoms with van der Waals surface area (Å²) in [4.78, 5) is 24.9. The van der Waals surface area contributed by atoms with Crippen molar-refractivity contribution >= 4 is 23.8 Å². The number of carbonyl (C=O) groups is 1. The van der Waals surface area contributed by atoms with E-state index in [4.69, 9.17) is 10.2 Å². The quantitative estimate of drug-likeness (QED) is 0.243. The molecule has 0 aromatic carbocycles. The van der Waals surface area contributed by atoms with E-state index in [1.54, 1.807) is 0 Å². The van der Waals surface area contributed by atoms with Crippen LogP contribution in [0.1, 0.15) is 48.6 Å². The number of hydrogen-bond acceptors (Lipinski definition) is 12. The van der Waals surface area contributed by atoms with Gasteiger partial charge < -0.3 is 10.2 Å². The second-order valence-electron chi connectivity index (χ2n) is 6.68. The van der Waals surface area contributed by atoms with Crippen molar-refractivity contribution in [3.63, 3.8) is 0 Å². The molecule has 0 bridgehead atoms. The van der Waals surface area contributed by atoms with Gasteiger partial charge in [-0.2, -0.15) is 9.78 Å². The summed E-state index contributed by atoms with van der Waals surface area (Å²) < 4.78 is 10.9. The van der Waals surface area contributed by atoms with Crippen LogP contribution < -0.4 is 11.2 Å². The van der Waals surface area contributed by atoms with Crippen LogP contribution in [0, 0.1) is 10.1 Å². The molecule has 0 unspecified atom stereocenters. The fourth-order valence-corrected chi connectivity index (χ4v) is 2.96. The molecule has 0 aliphatic heterocycles. The monoisotopic (exact) mass is 446 g/mol. The number of furan rings is 1. The van der Waals surface area contributed by atoms with Gasteiger partial charge in [-0.1, -0.05) is 19.1 Å². The van der Waals surface area contributed by atoms with Crippen molar-refractivity contribution in [3.05, 3.63) is 39.4 Å². The van der Waals surface area contributed by atoms with Crippen molar-refractivity contribution in [2.75, 3.05) is 18.8 Å². The smallest absolute Gasteiger partial charge is 0.400 e. The van der Waals surface area contributed by atoms with E-state index in [1.807, 2.05) is 0 Å². The number of nitrogens with one attached hydrogen (secondary N) is 1. The van der Waals surface area contributed by atoms with Gasteiger partial charge >= 0.3 is 5.88 Å². The van der Waals surface area contributed by atoms with E-state index in [0.29, 0.717) is 12.2 Å². The lowest BCUT2D eigenvalue weighted by Crippen LogP contribution is -2.28. The van der Waals surface area contributed by atoms with Gasteiger partial charge in [-0.15, -0.1) is 5.10 Å². The van der Waals surface area contributed by atoms with Crippen LogP contribution in [0.4, 0.5) is 11.7 Å². The Morgan fingerprint density at radius 2 is 2.09 bits per heavy atom. The molecule has 0 saturated carbocycles. The van der Waals surface area contributed by atoms with Crippen molar-refractivity contribution in [1.82, 2.24) is 35.6 Å². The molecule has 0 aliphatic rings. The molecule has 170 valence electrons. The SMILES string of the molecule is CCCN(CCC)Cc1c(C(=O)N/N=C/c2ccc([N+](=O)[O-])o2)nnn1-c1nonc1N. The predicted octanol–water partition coefficient (Wildman–Crippen LogP) is 1.12. The average molecular weight is 446 g/mol. The number of aromatic nitrogens is 5. The summed E-state index contributed by atoms with van der Waals surface area (Å²) in [6.45, 7) is 6.04. The van der Waals surface area contributed by atoms with Crippen molar-refractivity contribution in [2.45, 2.75) is 33.2 Å². The van der Waals surface area contributed by atoms with Crippen LogP contribution in [-0.4, -0.2) is 60.3 Å². The number of amides is 1. The van der Waals surface area contributed by atoms with Crippen LogP contribution >= 0.6 is 0 Å². The number of nitro groups is 1. The van der Waals surface area contributed by atoms with Crippen molar-refractivity contribution in [2.24, 2.45) is 5.10 Å². The Hall–Kier alpha value is -4.14. The summed E-state index contributed by atoms with van der Waals surface area (Å²) in [5, 5.41) is 29.7. The number of nitrogens with zero attached hydrogens (tertiary/aromatic N) is 8. The summed E-state index contributed by atoms with van der Waals surface area (Å²) in [7, 11) is 0. The minimum atomic E-state index is -0.677. The zero-order chi connectivity index (χ0) is 23.1. The summed E-state index contributed by atoms with van der Waals surface area (Å²) in [6.07, 6.45) is 2.96. The number of nitrogen functional groups attached to an aromatic ring is 1. The molecule has 3 heterocycles. The van der Waals surface area contributed by atoms with Gasteiger partial charge in [0.2, 0.25) is 11.6 Å². The summed E-state index contributed by atoms with van der Waals surface area (Å²) in [6, 6.07) is 2.53. The van der Waals surface area contributed by atoms with Gasteiger partial charge in [0, 0.05) is 6.54 Å². The third kappa shape index (κ3) is 5.12. The zero-order valence-electron chi connectivity index (χ0n) is 17.5. The second-order valence-corrected chi connectivity index (χ2v) is 6.68. The molecule has 0 spiro atoms. The van der Waals surface area contributed by atoms with E-state index in [0.717, 1.165) is 32.1 Å². The molecule has 0 radical (unpaired) electrons. The fraction of sp³-hybridized carbons (Fsp3) is 0.412. The lowest BCUT2D eigenvalue weighted by Gasteiger charge is -2.21. The first-order valence-electron chi connectivity index (χ1n) is 9.77. The first kappa shape index (κ1) is 22.5. The first-order valence-corrected chi connectivity index (χ1v) is 9.77. The molecule has 1 amide bonds. The van der Waals surface area contributed by atoms with Crippen LogP contribution in [0.2, 0.25) is 0 Å². The molecule has 0 aliphatic carbocycles. The highest BCUT2D eigenvalue weighted by atomic mass is 16.6. The highest BCUT2D eigenvalue weighted by molar-refractivity contribution is 5.94. The molecular formula is C17H22N10O5. The molecule has 0 fully saturated rings. The number of carbonyl (C=O) groups excluding carboxylic acids is 1. The van der Waals surface area contributed by atoms with E-state index < -0.39 is 16.7 Å². The Balaban J connectivity index is 1.84. The lowest BCUT2D eigenvalue weighted by molar-refractivity contribution is -0.402. The highest BCUT2D eigenvalue weighted by Gasteiger charge is 2.25. The largest absolute Gasteiger partial charge is 0.433 e. The van der Waals surface area contributed by atoms with Crippen molar-refractivity contribution in [3.8, 4) is 5.82 Å². The number of hydrogen-bond donors (Lipinski definition) is 2. The molecule has 15 heteroatoms. The Labute approximate surface area is 181 Å². The normalized spacial score (nSPS) is 11.5. The fourth-order valence-electron chi connectivity index (χ4n) is 2.96. The Morgan fingerprint density at radius 1 is 1.34 bits per heavy atom. The number of anilines is 1. The third-order valence-corrected chi connectivity index (χ3v) is 4.28. The zero-order valence-corrected chi connectivity index (χ0v) is 17.5. The van der Waals surface area contributed by atoms with Crippen LogP contribution in [0.15, 0.2) is 26.3 Å². The summed E-state index contributed by atoms with van der Waals surface area (Å²) in [5.74, 6) is -0.872. The second kappa shape index (κ2) is 10.3. The summed E-state index contributed by atoms with van der Waals surface area (Å²) in [5.41, 5.74) is 8.54.